The van der Waals surface area contributed by atoms with Crippen molar-refractivity contribution in [1.29, 1.82) is 0 Å². The lowest BCUT2D eigenvalue weighted by Crippen LogP contribution is -2.19. The van der Waals surface area contributed by atoms with Crippen LogP contribution in [0.4, 0.5) is 0 Å². The van der Waals surface area contributed by atoms with Gasteiger partial charge in [-0.15, -0.1) is 0 Å². The van der Waals surface area contributed by atoms with Crippen molar-refractivity contribution < 1.29 is 29.3 Å². The highest BCUT2D eigenvalue weighted by atomic mass is 16.5. The van der Waals surface area contributed by atoms with E-state index in [9.17, 15) is 24.6 Å². The van der Waals surface area contributed by atoms with E-state index in [4.69, 9.17) is 0 Å². The third-order valence-corrected chi connectivity index (χ3v) is 3.50. The first-order chi connectivity index (χ1) is 13.9. The second kappa shape index (κ2) is 12.7. The number of ether oxygens (including phenoxy) is 1. The van der Waals surface area contributed by atoms with Gasteiger partial charge in [-0.1, -0.05) is 73.3 Å². The van der Waals surface area contributed by atoms with Crippen LogP contribution < -0.4 is 10.2 Å². The minimum atomic E-state index is -0.973. The molecule has 0 aromatic heterocycles. The predicted octanol–water partition coefficient (Wildman–Crippen LogP) is 2.04. The summed E-state index contributed by atoms with van der Waals surface area (Å²) in [6.07, 6.45) is 2.10. The molecule has 0 heterocycles. The van der Waals surface area contributed by atoms with Gasteiger partial charge in [0, 0.05) is 12.0 Å². The fraction of sp³-hybridized carbons (Fsp3) is 0.174. The van der Waals surface area contributed by atoms with Gasteiger partial charge in [0.05, 0.1) is 6.61 Å². The molecule has 0 unspecified atom stereocenters. The summed E-state index contributed by atoms with van der Waals surface area (Å²) in [6, 6.07) is 17.5. The van der Waals surface area contributed by atoms with Gasteiger partial charge in [0.15, 0.2) is 11.6 Å². The number of carbonyl (C=O) groups excluding carboxylic acids is 3. The molecule has 0 fully saturated rings. The third kappa shape index (κ3) is 8.71. The molecular formula is C23H22O6-2. The maximum absolute atomic E-state index is 11.8. The molecular weight excluding hydrogens is 372 g/mol. The van der Waals surface area contributed by atoms with Crippen LogP contribution in [-0.4, -0.2) is 24.1 Å². The first-order valence-electron chi connectivity index (χ1n) is 9.01. The molecule has 0 aliphatic carbocycles. The standard InChI is InChI=1S/C15H12O2.C8H12O4/c16-14(12-7-3-1-4-8-12)11-15(17)13-9-5-2-6-10-13;1-3-6(9)5-7(10)8(11)12-4-2/h1-11,16H;5,10H,3-4H2,1-2H3/p-2/b14-11-;7-5-. The van der Waals surface area contributed by atoms with Crippen molar-refractivity contribution in [1.82, 2.24) is 0 Å². The van der Waals surface area contributed by atoms with Gasteiger partial charge in [-0.2, -0.15) is 0 Å². The number of hydrogen-bond acceptors (Lipinski definition) is 6. The van der Waals surface area contributed by atoms with Gasteiger partial charge < -0.3 is 14.9 Å². The van der Waals surface area contributed by atoms with Crippen LogP contribution in [0, 0.1) is 0 Å². The van der Waals surface area contributed by atoms with E-state index < -0.39 is 11.7 Å². The zero-order valence-electron chi connectivity index (χ0n) is 16.3. The summed E-state index contributed by atoms with van der Waals surface area (Å²) in [6.45, 7) is 3.34. The third-order valence-electron chi connectivity index (χ3n) is 3.50. The maximum atomic E-state index is 11.8. The Morgan fingerprint density at radius 1 is 0.828 bits per heavy atom. The van der Waals surface area contributed by atoms with Crippen LogP contribution in [0.3, 0.4) is 0 Å². The van der Waals surface area contributed by atoms with E-state index in [1.54, 1.807) is 62.4 Å². The van der Waals surface area contributed by atoms with Crippen LogP contribution in [0.5, 0.6) is 0 Å². The Hall–Kier alpha value is -3.67. The highest BCUT2D eigenvalue weighted by Crippen LogP contribution is 2.09. The molecule has 0 spiro atoms. The lowest BCUT2D eigenvalue weighted by molar-refractivity contribution is -0.303. The predicted molar refractivity (Wildman–Crippen MR) is 105 cm³/mol. The number of allylic oxidation sites excluding steroid dienone is 2. The molecule has 0 radical (unpaired) electrons. The largest absolute Gasteiger partial charge is 0.872 e. The SMILES string of the molecule is CCOC(=O)/C([O-])=C/C(=O)CC.O=C(/C=C(\[O-])c1ccccc1)c1ccccc1. The van der Waals surface area contributed by atoms with Gasteiger partial charge in [0.1, 0.15) is 0 Å². The monoisotopic (exact) mass is 394 g/mol. The molecule has 152 valence electrons. The van der Waals surface area contributed by atoms with Crippen molar-refractivity contribution in [3.63, 3.8) is 0 Å². The van der Waals surface area contributed by atoms with Crippen LogP contribution in [0.25, 0.3) is 5.76 Å². The van der Waals surface area contributed by atoms with Crippen LogP contribution in [0.2, 0.25) is 0 Å². The molecule has 6 heteroatoms. The Morgan fingerprint density at radius 3 is 1.83 bits per heavy atom. The highest BCUT2D eigenvalue weighted by Gasteiger charge is 2.01. The van der Waals surface area contributed by atoms with Crippen LogP contribution in [0.15, 0.2) is 78.6 Å². The van der Waals surface area contributed by atoms with Crippen molar-refractivity contribution >= 4 is 23.3 Å². The van der Waals surface area contributed by atoms with E-state index in [2.05, 4.69) is 4.74 Å². The Labute approximate surface area is 169 Å². The Kier molecular flexibility index (Phi) is 10.2. The molecule has 29 heavy (non-hydrogen) atoms. The Morgan fingerprint density at radius 2 is 1.34 bits per heavy atom. The molecule has 2 aromatic carbocycles. The number of esters is 1. The lowest BCUT2D eigenvalue weighted by Gasteiger charge is -2.11. The zero-order chi connectivity index (χ0) is 21.6. The molecule has 2 rings (SSSR count). The van der Waals surface area contributed by atoms with Gasteiger partial charge in [0.2, 0.25) is 0 Å². The minimum Gasteiger partial charge on any atom is -0.872 e. The zero-order valence-corrected chi connectivity index (χ0v) is 16.3. The first kappa shape index (κ1) is 23.4. The van der Waals surface area contributed by atoms with Crippen molar-refractivity contribution in [2.75, 3.05) is 6.61 Å². The lowest BCUT2D eigenvalue weighted by atomic mass is 10.1. The molecule has 0 atom stereocenters. The number of hydrogen-bond donors (Lipinski definition) is 0. The van der Waals surface area contributed by atoms with E-state index in [1.807, 2.05) is 12.1 Å². The fourth-order valence-electron chi connectivity index (χ4n) is 2.00. The first-order valence-corrected chi connectivity index (χ1v) is 9.01. The molecule has 0 N–H and O–H groups in total. The van der Waals surface area contributed by atoms with Crippen molar-refractivity contribution in [3.8, 4) is 0 Å². The molecule has 0 saturated heterocycles. The van der Waals surface area contributed by atoms with Crippen LogP contribution in [0.1, 0.15) is 36.2 Å². The highest BCUT2D eigenvalue weighted by molar-refractivity contribution is 6.07. The molecule has 0 amide bonds. The molecule has 0 aliphatic rings. The van der Waals surface area contributed by atoms with Gasteiger partial charge in [-0.3, -0.25) is 9.59 Å². The number of ketones is 2. The topological polar surface area (TPSA) is 107 Å². The summed E-state index contributed by atoms with van der Waals surface area (Å²) in [7, 11) is 0. The number of benzene rings is 2. The molecule has 0 saturated carbocycles. The van der Waals surface area contributed by atoms with Crippen LogP contribution >= 0.6 is 0 Å². The molecule has 0 aliphatic heterocycles. The molecule has 0 bridgehead atoms. The summed E-state index contributed by atoms with van der Waals surface area (Å²) >= 11 is 0. The summed E-state index contributed by atoms with van der Waals surface area (Å²) in [5.74, 6) is -2.75. The smallest absolute Gasteiger partial charge is 0.322 e. The fourth-order valence-corrected chi connectivity index (χ4v) is 2.00. The van der Waals surface area contributed by atoms with Gasteiger partial charge >= 0.3 is 5.97 Å². The number of carbonyl (C=O) groups is 3. The summed E-state index contributed by atoms with van der Waals surface area (Å²) < 4.78 is 4.38. The average molecular weight is 394 g/mol. The quantitative estimate of drug-likeness (QED) is 0.308. The minimum absolute atomic E-state index is 0.138. The normalized spacial score (nSPS) is 11.1. The van der Waals surface area contributed by atoms with Gasteiger partial charge in [-0.05, 0) is 30.4 Å². The van der Waals surface area contributed by atoms with Crippen LogP contribution in [-0.2, 0) is 14.3 Å². The van der Waals surface area contributed by atoms with E-state index in [1.165, 1.54) is 0 Å². The summed E-state index contributed by atoms with van der Waals surface area (Å²) in [5.41, 5.74) is 1.05. The van der Waals surface area contributed by atoms with E-state index in [0.717, 1.165) is 12.2 Å². The van der Waals surface area contributed by atoms with Gasteiger partial charge in [0.25, 0.3) is 0 Å². The number of rotatable bonds is 7. The van der Waals surface area contributed by atoms with E-state index >= 15 is 0 Å². The summed E-state index contributed by atoms with van der Waals surface area (Å²) in [5, 5.41) is 22.5. The van der Waals surface area contributed by atoms with Crippen molar-refractivity contribution in [2.45, 2.75) is 20.3 Å². The second-order valence-electron chi connectivity index (χ2n) is 5.65. The average Bonchev–Trinajstić information content (AvgIpc) is 2.75. The van der Waals surface area contributed by atoms with E-state index in [-0.39, 0.29) is 30.4 Å². The second-order valence-corrected chi connectivity index (χ2v) is 5.65. The molecule has 6 nitrogen and oxygen atoms in total. The van der Waals surface area contributed by atoms with Gasteiger partial charge in [-0.25, -0.2) is 4.79 Å². The Balaban J connectivity index is 0.000000311. The van der Waals surface area contributed by atoms with Crippen molar-refractivity contribution in [3.05, 3.63) is 89.7 Å². The maximum Gasteiger partial charge on any atom is 0.322 e. The Bertz CT molecular complexity index is 867. The van der Waals surface area contributed by atoms with E-state index in [0.29, 0.717) is 11.1 Å². The summed E-state index contributed by atoms with van der Waals surface area (Å²) in [4.78, 5) is 33.0. The molecule has 2 aromatic rings. The van der Waals surface area contributed by atoms with Crippen molar-refractivity contribution in [2.24, 2.45) is 0 Å².